The Morgan fingerprint density at radius 1 is 1.17 bits per heavy atom. The molecule has 0 aromatic carbocycles. The number of rotatable bonds is 4. The molecule has 1 aromatic heterocycles. The first-order valence-electron chi connectivity index (χ1n) is 8.41. The third-order valence-corrected chi connectivity index (χ3v) is 4.40. The van der Waals surface area contributed by atoms with Crippen LogP contribution in [0.15, 0.2) is 12.4 Å². The summed E-state index contributed by atoms with van der Waals surface area (Å²) in [5.74, 6) is 0.834. The Bertz CT molecular complexity index is 543. The van der Waals surface area contributed by atoms with Gasteiger partial charge in [0.1, 0.15) is 6.10 Å². The van der Waals surface area contributed by atoms with Crippen LogP contribution >= 0.6 is 0 Å². The lowest BCUT2D eigenvalue weighted by molar-refractivity contribution is 0.0513. The molecule has 2 heterocycles. The summed E-state index contributed by atoms with van der Waals surface area (Å²) < 4.78 is 16.3. The van der Waals surface area contributed by atoms with Crippen molar-refractivity contribution in [1.29, 1.82) is 0 Å². The summed E-state index contributed by atoms with van der Waals surface area (Å²) in [7, 11) is 1.55. The second kappa shape index (κ2) is 8.14. The Kier molecular flexibility index (Phi) is 5.68. The van der Waals surface area contributed by atoms with Crippen LogP contribution in [-0.2, 0) is 4.74 Å². The number of nitrogens with one attached hydrogen (secondary N) is 1. The zero-order valence-electron chi connectivity index (χ0n) is 13.9. The van der Waals surface area contributed by atoms with Gasteiger partial charge in [0.25, 0.3) is 11.8 Å². The predicted molar refractivity (Wildman–Crippen MR) is 86.2 cm³/mol. The fourth-order valence-electron chi connectivity index (χ4n) is 3.05. The first-order valence-corrected chi connectivity index (χ1v) is 8.41. The maximum absolute atomic E-state index is 12.2. The topological polar surface area (TPSA) is 85.8 Å². The number of carbonyl (C=O) groups excluding carboxylic acids is 1. The third-order valence-electron chi connectivity index (χ3n) is 4.40. The summed E-state index contributed by atoms with van der Waals surface area (Å²) in [5, 5.41) is 3.12. The zero-order valence-corrected chi connectivity index (χ0v) is 13.9. The van der Waals surface area contributed by atoms with Crippen molar-refractivity contribution in [2.75, 3.05) is 33.4 Å². The second-order valence-electron chi connectivity index (χ2n) is 6.01. The van der Waals surface area contributed by atoms with Crippen molar-refractivity contribution in [3.8, 4) is 11.8 Å². The van der Waals surface area contributed by atoms with E-state index in [1.807, 2.05) is 4.90 Å². The molecule has 1 saturated heterocycles. The first-order chi connectivity index (χ1) is 11.8. The number of amides is 2. The molecule has 8 heteroatoms. The molecular formula is C16H24N4O4. The van der Waals surface area contributed by atoms with E-state index in [2.05, 4.69) is 15.3 Å². The normalized spacial score (nSPS) is 24.3. The maximum atomic E-state index is 12.2. The Labute approximate surface area is 141 Å². The highest BCUT2D eigenvalue weighted by atomic mass is 16.5. The molecule has 0 atom stereocenters. The minimum Gasteiger partial charge on any atom is -0.477 e. The van der Waals surface area contributed by atoms with Crippen LogP contribution in [0.4, 0.5) is 4.79 Å². The van der Waals surface area contributed by atoms with E-state index in [0.29, 0.717) is 38.1 Å². The SMILES string of the molecule is COc1nccnc1OC1CCC(NC(=O)N2CCOCC2)CC1. The van der Waals surface area contributed by atoms with Gasteiger partial charge in [-0.05, 0) is 25.7 Å². The Balaban J connectivity index is 1.44. The zero-order chi connectivity index (χ0) is 16.8. The standard InChI is InChI=1S/C16H24N4O4/c1-22-14-15(18-7-6-17-14)24-13-4-2-12(3-5-13)19-16(21)20-8-10-23-11-9-20/h6-7,12-13H,2-5,8-11H2,1H3,(H,19,21). The van der Waals surface area contributed by atoms with E-state index < -0.39 is 0 Å². The summed E-state index contributed by atoms with van der Waals surface area (Å²) >= 11 is 0. The lowest BCUT2D eigenvalue weighted by Gasteiger charge is -2.32. The Morgan fingerprint density at radius 2 is 1.83 bits per heavy atom. The van der Waals surface area contributed by atoms with E-state index >= 15 is 0 Å². The molecule has 24 heavy (non-hydrogen) atoms. The number of nitrogens with zero attached hydrogens (tertiary/aromatic N) is 3. The van der Waals surface area contributed by atoms with Crippen molar-refractivity contribution in [2.45, 2.75) is 37.8 Å². The van der Waals surface area contributed by atoms with Gasteiger partial charge in [-0.2, -0.15) is 0 Å². The van der Waals surface area contributed by atoms with Crippen LogP contribution in [0.5, 0.6) is 11.8 Å². The lowest BCUT2D eigenvalue weighted by atomic mass is 9.93. The smallest absolute Gasteiger partial charge is 0.317 e. The number of urea groups is 1. The van der Waals surface area contributed by atoms with Gasteiger partial charge in [0, 0.05) is 31.5 Å². The summed E-state index contributed by atoms with van der Waals surface area (Å²) in [4.78, 5) is 22.3. The van der Waals surface area contributed by atoms with Crippen molar-refractivity contribution < 1.29 is 19.0 Å². The number of ether oxygens (including phenoxy) is 3. The molecule has 1 aliphatic carbocycles. The average Bonchev–Trinajstić information content (AvgIpc) is 2.64. The second-order valence-corrected chi connectivity index (χ2v) is 6.01. The summed E-state index contributed by atoms with van der Waals surface area (Å²) in [6.45, 7) is 2.56. The molecule has 2 fully saturated rings. The van der Waals surface area contributed by atoms with Crippen LogP contribution < -0.4 is 14.8 Å². The average molecular weight is 336 g/mol. The summed E-state index contributed by atoms with van der Waals surface area (Å²) in [5.41, 5.74) is 0. The highest BCUT2D eigenvalue weighted by Crippen LogP contribution is 2.27. The van der Waals surface area contributed by atoms with Gasteiger partial charge in [-0.1, -0.05) is 0 Å². The minimum absolute atomic E-state index is 0.0123. The Morgan fingerprint density at radius 3 is 2.50 bits per heavy atom. The third kappa shape index (κ3) is 4.25. The molecule has 0 bridgehead atoms. The fourth-order valence-corrected chi connectivity index (χ4v) is 3.05. The van der Waals surface area contributed by atoms with Crippen LogP contribution in [0.1, 0.15) is 25.7 Å². The van der Waals surface area contributed by atoms with Crippen LogP contribution in [0, 0.1) is 0 Å². The number of hydrogen-bond acceptors (Lipinski definition) is 6. The molecule has 2 amide bonds. The number of carbonyl (C=O) groups is 1. The molecule has 0 unspecified atom stereocenters. The number of methoxy groups -OCH3 is 1. The van der Waals surface area contributed by atoms with Gasteiger partial charge >= 0.3 is 6.03 Å². The molecule has 1 N–H and O–H groups in total. The number of hydrogen-bond donors (Lipinski definition) is 1. The lowest BCUT2D eigenvalue weighted by Crippen LogP contribution is -2.50. The molecule has 3 rings (SSSR count). The molecule has 1 aliphatic heterocycles. The van der Waals surface area contributed by atoms with E-state index in [4.69, 9.17) is 14.2 Å². The monoisotopic (exact) mass is 336 g/mol. The quantitative estimate of drug-likeness (QED) is 0.890. The van der Waals surface area contributed by atoms with Crippen LogP contribution in [0.2, 0.25) is 0 Å². The largest absolute Gasteiger partial charge is 0.477 e. The van der Waals surface area contributed by atoms with Crippen LogP contribution in [-0.4, -0.2) is 66.5 Å². The molecular weight excluding hydrogens is 312 g/mol. The Hall–Kier alpha value is -2.09. The van der Waals surface area contributed by atoms with Gasteiger partial charge in [-0.15, -0.1) is 0 Å². The van der Waals surface area contributed by atoms with E-state index in [9.17, 15) is 4.79 Å². The maximum Gasteiger partial charge on any atom is 0.317 e. The highest BCUT2D eigenvalue weighted by molar-refractivity contribution is 5.74. The fraction of sp³-hybridized carbons (Fsp3) is 0.688. The highest BCUT2D eigenvalue weighted by Gasteiger charge is 2.26. The van der Waals surface area contributed by atoms with Gasteiger partial charge in [-0.3, -0.25) is 0 Å². The van der Waals surface area contributed by atoms with Crippen molar-refractivity contribution in [3.05, 3.63) is 12.4 Å². The van der Waals surface area contributed by atoms with E-state index in [-0.39, 0.29) is 18.2 Å². The molecule has 132 valence electrons. The van der Waals surface area contributed by atoms with Gasteiger partial charge in [0.15, 0.2) is 0 Å². The van der Waals surface area contributed by atoms with Gasteiger partial charge in [-0.25, -0.2) is 14.8 Å². The molecule has 0 radical (unpaired) electrons. The number of aromatic nitrogens is 2. The first kappa shape index (κ1) is 16.8. The van der Waals surface area contributed by atoms with Crippen LogP contribution in [0.3, 0.4) is 0 Å². The minimum atomic E-state index is 0.0123. The van der Waals surface area contributed by atoms with E-state index in [1.54, 1.807) is 19.5 Å². The number of morpholine rings is 1. The van der Waals surface area contributed by atoms with Crippen molar-refractivity contribution >= 4 is 6.03 Å². The van der Waals surface area contributed by atoms with E-state index in [1.165, 1.54) is 0 Å². The van der Waals surface area contributed by atoms with Crippen molar-refractivity contribution in [2.24, 2.45) is 0 Å². The van der Waals surface area contributed by atoms with Gasteiger partial charge in [0.2, 0.25) is 0 Å². The molecule has 1 saturated carbocycles. The predicted octanol–water partition coefficient (Wildman–Crippen LogP) is 1.22. The van der Waals surface area contributed by atoms with Crippen LogP contribution in [0.25, 0.3) is 0 Å². The van der Waals surface area contributed by atoms with Crippen molar-refractivity contribution in [1.82, 2.24) is 20.2 Å². The molecule has 0 spiro atoms. The molecule has 1 aromatic rings. The van der Waals surface area contributed by atoms with E-state index in [0.717, 1.165) is 25.7 Å². The summed E-state index contributed by atoms with van der Waals surface area (Å²) in [6.07, 6.45) is 6.76. The van der Waals surface area contributed by atoms with Crippen molar-refractivity contribution in [3.63, 3.8) is 0 Å². The van der Waals surface area contributed by atoms with Gasteiger partial charge in [0.05, 0.1) is 20.3 Å². The molecule has 8 nitrogen and oxygen atoms in total. The summed E-state index contributed by atoms with van der Waals surface area (Å²) in [6, 6.07) is 0.210. The van der Waals surface area contributed by atoms with Gasteiger partial charge < -0.3 is 24.4 Å². The molecule has 2 aliphatic rings.